The number of unbranched alkanes of at least 4 members (excludes halogenated alkanes) is 2. The van der Waals surface area contributed by atoms with Crippen molar-refractivity contribution in [3.8, 4) is 0 Å². The number of nitrogens with two attached hydrogens (primary N) is 1. The van der Waals surface area contributed by atoms with Crippen LogP contribution in [-0.4, -0.2) is 10.9 Å². The second-order valence-electron chi connectivity index (χ2n) is 5.84. The zero-order valence-corrected chi connectivity index (χ0v) is 13.9. The molecule has 0 fully saturated rings. The summed E-state index contributed by atoms with van der Waals surface area (Å²) in [6.45, 7) is 4.55. The Hall–Kier alpha value is -2.36. The van der Waals surface area contributed by atoms with E-state index in [-0.39, 0.29) is 11.7 Å². The first kappa shape index (κ1) is 17.0. The number of hydrogen-bond donors (Lipinski definition) is 2. The molecule has 0 aliphatic heterocycles. The molecular formula is C19H25N3O. The van der Waals surface area contributed by atoms with E-state index in [9.17, 15) is 4.79 Å². The number of carbonyl (C=O) groups is 1. The molecule has 1 aromatic heterocycles. The number of pyridine rings is 1. The van der Waals surface area contributed by atoms with Crippen LogP contribution < -0.4 is 11.1 Å². The van der Waals surface area contributed by atoms with E-state index >= 15 is 0 Å². The van der Waals surface area contributed by atoms with Crippen molar-refractivity contribution in [3.05, 3.63) is 58.8 Å². The van der Waals surface area contributed by atoms with Crippen molar-refractivity contribution in [3.63, 3.8) is 0 Å². The van der Waals surface area contributed by atoms with Gasteiger partial charge in [-0.05, 0) is 43.0 Å². The Balaban J connectivity index is 1.89. The Bertz CT molecular complexity index is 650. The maximum absolute atomic E-state index is 12.2. The van der Waals surface area contributed by atoms with Gasteiger partial charge in [0.2, 0.25) is 0 Å². The molecule has 0 unspecified atom stereocenters. The summed E-state index contributed by atoms with van der Waals surface area (Å²) >= 11 is 0. The SMILES string of the molecule is CCCCCc1ccc(CNC(=O)c2ccc(C)nc2N)cc1. The Kier molecular flexibility index (Phi) is 6.15. The molecule has 2 rings (SSSR count). The van der Waals surface area contributed by atoms with E-state index in [2.05, 4.69) is 41.5 Å². The number of nitrogens with one attached hydrogen (secondary N) is 1. The molecule has 23 heavy (non-hydrogen) atoms. The van der Waals surface area contributed by atoms with E-state index in [4.69, 9.17) is 5.73 Å². The molecule has 0 saturated heterocycles. The molecule has 2 aromatic rings. The first-order valence-corrected chi connectivity index (χ1v) is 8.19. The summed E-state index contributed by atoms with van der Waals surface area (Å²) in [6, 6.07) is 11.9. The highest BCUT2D eigenvalue weighted by molar-refractivity contribution is 5.98. The van der Waals surface area contributed by atoms with E-state index in [1.807, 2.05) is 6.92 Å². The molecule has 0 atom stereocenters. The molecule has 1 aromatic carbocycles. The fraction of sp³-hybridized carbons (Fsp3) is 0.368. The zero-order chi connectivity index (χ0) is 16.7. The standard InChI is InChI=1S/C19H25N3O/c1-3-4-5-6-15-8-10-16(11-9-15)13-21-19(23)17-12-7-14(2)22-18(17)20/h7-12H,3-6,13H2,1-2H3,(H2,20,22)(H,21,23). The fourth-order valence-corrected chi connectivity index (χ4v) is 2.45. The van der Waals surface area contributed by atoms with Gasteiger partial charge in [-0.25, -0.2) is 4.98 Å². The minimum absolute atomic E-state index is 0.193. The number of rotatable bonds is 7. The summed E-state index contributed by atoms with van der Waals surface area (Å²) in [4.78, 5) is 16.3. The van der Waals surface area contributed by atoms with Gasteiger partial charge in [-0.1, -0.05) is 44.0 Å². The smallest absolute Gasteiger partial charge is 0.255 e. The van der Waals surface area contributed by atoms with Crippen LogP contribution in [0.4, 0.5) is 5.82 Å². The number of nitrogen functional groups attached to an aromatic ring is 1. The predicted molar refractivity (Wildman–Crippen MR) is 94.2 cm³/mol. The molecule has 0 bridgehead atoms. The van der Waals surface area contributed by atoms with Crippen LogP contribution >= 0.6 is 0 Å². The molecule has 0 aliphatic rings. The molecule has 0 radical (unpaired) electrons. The molecule has 1 heterocycles. The first-order valence-electron chi connectivity index (χ1n) is 8.19. The minimum atomic E-state index is -0.193. The Labute approximate surface area is 138 Å². The van der Waals surface area contributed by atoms with Crippen molar-refractivity contribution in [2.45, 2.75) is 46.1 Å². The van der Waals surface area contributed by atoms with Gasteiger partial charge in [0.1, 0.15) is 5.82 Å². The Morgan fingerprint density at radius 3 is 2.43 bits per heavy atom. The molecule has 0 spiro atoms. The normalized spacial score (nSPS) is 10.5. The van der Waals surface area contributed by atoms with Gasteiger partial charge in [-0.15, -0.1) is 0 Å². The highest BCUT2D eigenvalue weighted by Crippen LogP contribution is 2.11. The molecule has 0 aliphatic carbocycles. The van der Waals surface area contributed by atoms with Crippen LogP contribution in [0, 0.1) is 6.92 Å². The quantitative estimate of drug-likeness (QED) is 0.767. The average Bonchev–Trinajstić information content (AvgIpc) is 2.54. The minimum Gasteiger partial charge on any atom is -0.383 e. The highest BCUT2D eigenvalue weighted by atomic mass is 16.1. The average molecular weight is 311 g/mol. The van der Waals surface area contributed by atoms with Gasteiger partial charge in [-0.3, -0.25) is 4.79 Å². The van der Waals surface area contributed by atoms with Crippen molar-refractivity contribution in [2.24, 2.45) is 0 Å². The number of anilines is 1. The van der Waals surface area contributed by atoms with Gasteiger partial charge in [0.25, 0.3) is 5.91 Å². The lowest BCUT2D eigenvalue weighted by molar-refractivity contribution is 0.0951. The summed E-state index contributed by atoms with van der Waals surface area (Å²) in [5.41, 5.74) is 9.45. The van der Waals surface area contributed by atoms with E-state index < -0.39 is 0 Å². The number of amides is 1. The van der Waals surface area contributed by atoms with Gasteiger partial charge in [-0.2, -0.15) is 0 Å². The topological polar surface area (TPSA) is 68.0 Å². The summed E-state index contributed by atoms with van der Waals surface area (Å²) in [6.07, 6.45) is 4.85. The third-order valence-electron chi connectivity index (χ3n) is 3.85. The maximum atomic E-state index is 12.2. The van der Waals surface area contributed by atoms with Crippen molar-refractivity contribution < 1.29 is 4.79 Å². The largest absolute Gasteiger partial charge is 0.383 e. The fourth-order valence-electron chi connectivity index (χ4n) is 2.45. The Morgan fingerprint density at radius 2 is 1.78 bits per heavy atom. The van der Waals surface area contributed by atoms with Crippen LogP contribution in [0.2, 0.25) is 0 Å². The number of hydrogen-bond acceptors (Lipinski definition) is 3. The molecular weight excluding hydrogens is 286 g/mol. The molecule has 0 saturated carbocycles. The maximum Gasteiger partial charge on any atom is 0.255 e. The summed E-state index contributed by atoms with van der Waals surface area (Å²) < 4.78 is 0. The number of carbonyl (C=O) groups excluding carboxylic acids is 1. The summed E-state index contributed by atoms with van der Waals surface area (Å²) in [5, 5.41) is 2.89. The number of aromatic nitrogens is 1. The number of benzene rings is 1. The van der Waals surface area contributed by atoms with Gasteiger partial charge in [0.15, 0.2) is 0 Å². The predicted octanol–water partition coefficient (Wildman–Crippen LogP) is 3.63. The van der Waals surface area contributed by atoms with Crippen molar-refractivity contribution in [1.82, 2.24) is 10.3 Å². The number of nitrogens with zero attached hydrogens (tertiary/aromatic N) is 1. The van der Waals surface area contributed by atoms with Crippen molar-refractivity contribution >= 4 is 11.7 Å². The molecule has 122 valence electrons. The third-order valence-corrected chi connectivity index (χ3v) is 3.85. The summed E-state index contributed by atoms with van der Waals surface area (Å²) in [7, 11) is 0. The van der Waals surface area contributed by atoms with E-state index in [0.717, 1.165) is 17.7 Å². The van der Waals surface area contributed by atoms with Crippen LogP contribution in [0.5, 0.6) is 0 Å². The van der Waals surface area contributed by atoms with Crippen LogP contribution in [0.3, 0.4) is 0 Å². The second kappa shape index (κ2) is 8.32. The second-order valence-corrected chi connectivity index (χ2v) is 5.84. The monoisotopic (exact) mass is 311 g/mol. The molecule has 4 nitrogen and oxygen atoms in total. The van der Waals surface area contributed by atoms with Crippen LogP contribution in [0.15, 0.2) is 36.4 Å². The third kappa shape index (κ3) is 5.09. The first-order chi connectivity index (χ1) is 11.1. The summed E-state index contributed by atoms with van der Waals surface area (Å²) in [5.74, 6) is 0.0794. The van der Waals surface area contributed by atoms with Gasteiger partial charge in [0.05, 0.1) is 5.56 Å². The van der Waals surface area contributed by atoms with E-state index in [0.29, 0.717) is 12.1 Å². The lowest BCUT2D eigenvalue weighted by Crippen LogP contribution is -2.24. The number of aryl methyl sites for hydroxylation is 2. The van der Waals surface area contributed by atoms with E-state index in [1.165, 1.54) is 24.8 Å². The zero-order valence-electron chi connectivity index (χ0n) is 13.9. The van der Waals surface area contributed by atoms with Crippen LogP contribution in [0.1, 0.15) is 53.4 Å². The van der Waals surface area contributed by atoms with Crippen LogP contribution in [-0.2, 0) is 13.0 Å². The van der Waals surface area contributed by atoms with E-state index in [1.54, 1.807) is 12.1 Å². The van der Waals surface area contributed by atoms with Gasteiger partial charge < -0.3 is 11.1 Å². The molecule has 3 N–H and O–H groups in total. The molecule has 1 amide bonds. The van der Waals surface area contributed by atoms with Crippen molar-refractivity contribution in [2.75, 3.05) is 5.73 Å². The lowest BCUT2D eigenvalue weighted by atomic mass is 10.1. The van der Waals surface area contributed by atoms with Crippen LogP contribution in [0.25, 0.3) is 0 Å². The molecule has 4 heteroatoms. The lowest BCUT2D eigenvalue weighted by Gasteiger charge is -2.08. The Morgan fingerprint density at radius 1 is 1.09 bits per heavy atom. The highest BCUT2D eigenvalue weighted by Gasteiger charge is 2.10. The van der Waals surface area contributed by atoms with Gasteiger partial charge >= 0.3 is 0 Å². The van der Waals surface area contributed by atoms with Gasteiger partial charge in [0, 0.05) is 12.2 Å². The van der Waals surface area contributed by atoms with Crippen molar-refractivity contribution in [1.29, 1.82) is 0 Å².